The second-order valence-electron chi connectivity index (χ2n) is 7.50. The van der Waals surface area contributed by atoms with Crippen LogP contribution in [0.4, 0.5) is 0 Å². The van der Waals surface area contributed by atoms with Crippen LogP contribution in [0.1, 0.15) is 57.7 Å². The number of benzene rings is 1. The van der Waals surface area contributed by atoms with Crippen molar-refractivity contribution >= 4 is 0 Å². The molecule has 2 heteroatoms. The molecule has 1 aromatic rings. The summed E-state index contributed by atoms with van der Waals surface area (Å²) in [5.41, 5.74) is 5.26. The molecule has 0 fully saturated rings. The van der Waals surface area contributed by atoms with Gasteiger partial charge in [0.15, 0.2) is 0 Å². The van der Waals surface area contributed by atoms with Crippen molar-refractivity contribution in [3.8, 4) is 11.5 Å². The number of aryl methyl sites for hydroxylation is 1. The molecule has 0 saturated carbocycles. The molecule has 2 nitrogen and oxygen atoms in total. The van der Waals surface area contributed by atoms with Crippen LogP contribution >= 0.6 is 0 Å². The fourth-order valence-electron chi connectivity index (χ4n) is 2.99. The Hall–Kier alpha value is -1.96. The second-order valence-corrected chi connectivity index (χ2v) is 7.50. The van der Waals surface area contributed by atoms with Gasteiger partial charge < -0.3 is 9.84 Å². The lowest BCUT2D eigenvalue weighted by Gasteiger charge is -2.34. The Labute approximate surface area is 146 Å². The minimum atomic E-state index is -0.320. The van der Waals surface area contributed by atoms with Gasteiger partial charge in [0, 0.05) is 11.1 Å². The van der Waals surface area contributed by atoms with Crippen molar-refractivity contribution in [3.05, 3.63) is 58.2 Å². The molecule has 1 aliphatic heterocycles. The highest BCUT2D eigenvalue weighted by atomic mass is 16.5. The molecule has 1 heterocycles. The van der Waals surface area contributed by atoms with E-state index in [4.69, 9.17) is 4.74 Å². The highest BCUT2D eigenvalue weighted by molar-refractivity contribution is 5.55. The summed E-state index contributed by atoms with van der Waals surface area (Å²) in [7, 11) is 0. The van der Waals surface area contributed by atoms with Gasteiger partial charge in [-0.05, 0) is 78.5 Å². The fourth-order valence-corrected chi connectivity index (χ4v) is 2.99. The molecule has 130 valence electrons. The second kappa shape index (κ2) is 7.29. The number of hydrogen-bond donors (Lipinski definition) is 1. The Morgan fingerprint density at radius 2 is 1.96 bits per heavy atom. The molecule has 24 heavy (non-hydrogen) atoms. The van der Waals surface area contributed by atoms with Crippen molar-refractivity contribution in [2.45, 2.75) is 66.4 Å². The first-order valence-corrected chi connectivity index (χ1v) is 8.71. The number of hydrogen-bond acceptors (Lipinski definition) is 2. The highest BCUT2D eigenvalue weighted by Crippen LogP contribution is 2.42. The highest BCUT2D eigenvalue weighted by Gasteiger charge is 2.31. The van der Waals surface area contributed by atoms with Crippen LogP contribution in [-0.2, 0) is 12.8 Å². The molecular weight excluding hydrogens is 296 g/mol. The number of phenolic OH excluding ortho intramolecular Hbond substituents is 1. The third-order valence-corrected chi connectivity index (χ3v) is 4.50. The van der Waals surface area contributed by atoms with Crippen LogP contribution in [0.5, 0.6) is 11.5 Å². The van der Waals surface area contributed by atoms with Crippen LogP contribution in [0.3, 0.4) is 0 Å². The van der Waals surface area contributed by atoms with E-state index in [1.807, 2.05) is 6.92 Å². The maximum atomic E-state index is 10.7. The monoisotopic (exact) mass is 326 g/mol. The first kappa shape index (κ1) is 18.4. The maximum Gasteiger partial charge on any atom is 0.127 e. The lowest BCUT2D eigenvalue weighted by atomic mass is 9.88. The summed E-state index contributed by atoms with van der Waals surface area (Å²) in [4.78, 5) is 0. The van der Waals surface area contributed by atoms with Gasteiger partial charge in [0.1, 0.15) is 17.1 Å². The van der Waals surface area contributed by atoms with Crippen molar-refractivity contribution in [1.29, 1.82) is 0 Å². The van der Waals surface area contributed by atoms with E-state index in [-0.39, 0.29) is 5.60 Å². The summed E-state index contributed by atoms with van der Waals surface area (Å²) in [5.74, 6) is 1.24. The van der Waals surface area contributed by atoms with Gasteiger partial charge in [-0.15, -0.1) is 0 Å². The number of allylic oxidation sites excluding steroid dienone is 5. The molecular formula is C22H30O2. The fraction of sp³-hybridized carbons (Fsp3) is 0.455. The molecule has 0 aromatic heterocycles. The lowest BCUT2D eigenvalue weighted by Crippen LogP contribution is -2.34. The largest absolute Gasteiger partial charge is 0.507 e. The van der Waals surface area contributed by atoms with E-state index >= 15 is 0 Å². The normalized spacial score (nSPS) is 19.6. The Balaban J connectivity index is 2.32. The summed E-state index contributed by atoms with van der Waals surface area (Å²) in [6.45, 7) is 12.5. The van der Waals surface area contributed by atoms with Gasteiger partial charge in [-0.2, -0.15) is 0 Å². The maximum absolute atomic E-state index is 10.7. The van der Waals surface area contributed by atoms with Crippen LogP contribution in [0.2, 0.25) is 0 Å². The third-order valence-electron chi connectivity index (χ3n) is 4.50. The van der Waals surface area contributed by atoms with Gasteiger partial charge in [0.05, 0.1) is 0 Å². The van der Waals surface area contributed by atoms with E-state index in [1.54, 1.807) is 0 Å². The average molecular weight is 326 g/mol. The van der Waals surface area contributed by atoms with E-state index in [0.717, 1.165) is 41.7 Å². The summed E-state index contributed by atoms with van der Waals surface area (Å²) in [5, 5.41) is 10.7. The van der Waals surface area contributed by atoms with Crippen LogP contribution in [0.25, 0.3) is 0 Å². The third kappa shape index (κ3) is 4.31. The van der Waals surface area contributed by atoms with Gasteiger partial charge in [-0.1, -0.05) is 29.4 Å². The predicted octanol–water partition coefficient (Wildman–Crippen LogP) is 5.82. The van der Waals surface area contributed by atoms with Crippen molar-refractivity contribution in [1.82, 2.24) is 0 Å². The Bertz CT molecular complexity index is 699. The number of ether oxygens (including phenoxy) is 1. The lowest BCUT2D eigenvalue weighted by molar-refractivity contribution is 0.113. The summed E-state index contributed by atoms with van der Waals surface area (Å²) in [6.07, 6.45) is 10.9. The molecule has 0 aliphatic carbocycles. The minimum Gasteiger partial charge on any atom is -0.507 e. The SMILES string of the molecule is CC(C)=CC=C[C@]1(C)CCc2c(cc(C)c(CC=C(C)C)c2O)O1. The quantitative estimate of drug-likeness (QED) is 0.558. The van der Waals surface area contributed by atoms with Gasteiger partial charge >= 0.3 is 0 Å². The minimum absolute atomic E-state index is 0.320. The number of rotatable bonds is 4. The van der Waals surface area contributed by atoms with Gasteiger partial charge in [0.25, 0.3) is 0 Å². The summed E-state index contributed by atoms with van der Waals surface area (Å²) < 4.78 is 6.25. The Morgan fingerprint density at radius 3 is 2.58 bits per heavy atom. The molecule has 1 atom stereocenters. The van der Waals surface area contributed by atoms with Gasteiger partial charge in [-0.25, -0.2) is 0 Å². The molecule has 2 rings (SSSR count). The number of phenols is 1. The van der Waals surface area contributed by atoms with E-state index in [0.29, 0.717) is 5.75 Å². The Morgan fingerprint density at radius 1 is 1.25 bits per heavy atom. The molecule has 1 aromatic carbocycles. The van der Waals surface area contributed by atoms with Crippen LogP contribution in [0.15, 0.2) is 41.5 Å². The van der Waals surface area contributed by atoms with Crippen molar-refractivity contribution in [3.63, 3.8) is 0 Å². The van der Waals surface area contributed by atoms with Crippen LogP contribution < -0.4 is 4.74 Å². The standard InChI is InChI=1S/C22H30O2/c1-15(2)8-7-12-22(6)13-11-19-20(24-22)14-17(5)18(21(19)23)10-9-16(3)4/h7-9,12,14,23H,10-11,13H2,1-6H3/t22-/m1/s1. The van der Waals surface area contributed by atoms with Crippen LogP contribution in [-0.4, -0.2) is 10.7 Å². The van der Waals surface area contributed by atoms with E-state index in [9.17, 15) is 5.11 Å². The predicted molar refractivity (Wildman–Crippen MR) is 102 cm³/mol. The average Bonchev–Trinajstić information content (AvgIpc) is 2.45. The molecule has 0 bridgehead atoms. The molecule has 0 spiro atoms. The van der Waals surface area contributed by atoms with E-state index < -0.39 is 0 Å². The number of fused-ring (bicyclic) bond motifs is 1. The number of aromatic hydroxyl groups is 1. The van der Waals surface area contributed by atoms with Crippen LogP contribution in [0, 0.1) is 6.92 Å². The Kier molecular flexibility index (Phi) is 5.58. The van der Waals surface area contributed by atoms with E-state index in [1.165, 1.54) is 11.1 Å². The van der Waals surface area contributed by atoms with Crippen molar-refractivity contribution in [2.24, 2.45) is 0 Å². The molecule has 1 aliphatic rings. The topological polar surface area (TPSA) is 29.5 Å². The molecule has 0 saturated heterocycles. The zero-order chi connectivity index (χ0) is 17.9. The summed E-state index contributed by atoms with van der Waals surface area (Å²) in [6, 6.07) is 2.08. The van der Waals surface area contributed by atoms with Crippen molar-refractivity contribution < 1.29 is 9.84 Å². The van der Waals surface area contributed by atoms with Gasteiger partial charge in [-0.3, -0.25) is 0 Å². The zero-order valence-corrected chi connectivity index (χ0v) is 15.9. The molecule has 0 amide bonds. The first-order chi connectivity index (χ1) is 11.2. The molecule has 0 unspecified atom stereocenters. The summed E-state index contributed by atoms with van der Waals surface area (Å²) >= 11 is 0. The van der Waals surface area contributed by atoms with Crippen molar-refractivity contribution in [2.75, 3.05) is 0 Å². The molecule has 1 N–H and O–H groups in total. The van der Waals surface area contributed by atoms with Gasteiger partial charge in [0.2, 0.25) is 0 Å². The van der Waals surface area contributed by atoms with E-state index in [2.05, 4.69) is 65.0 Å². The first-order valence-electron chi connectivity index (χ1n) is 8.71. The molecule has 0 radical (unpaired) electrons. The smallest absolute Gasteiger partial charge is 0.127 e. The zero-order valence-electron chi connectivity index (χ0n) is 15.9.